The Balaban J connectivity index is 0.869. The Hall–Kier alpha value is -6.69. The van der Waals surface area contributed by atoms with E-state index in [9.17, 15) is 18.0 Å². The monoisotopic (exact) mass is 803 g/mol. The van der Waals surface area contributed by atoms with Crippen molar-refractivity contribution in [2.75, 3.05) is 16.8 Å². The number of hydrogen-bond acceptors (Lipinski definition) is 11. The number of nitrogens with zero attached hydrogens (tertiary/aromatic N) is 8. The quantitative estimate of drug-likeness (QED) is 0.137. The molecule has 9 rings (SSSR count). The molecule has 3 aromatic carbocycles. The lowest BCUT2D eigenvalue weighted by Gasteiger charge is -2.36. The number of ether oxygens (including phenoxy) is 1. The molecule has 18 heteroatoms. The van der Waals surface area contributed by atoms with E-state index in [1.807, 2.05) is 33.0 Å². The number of aromatic amines is 1. The van der Waals surface area contributed by atoms with E-state index in [0.717, 1.165) is 35.4 Å². The summed E-state index contributed by atoms with van der Waals surface area (Å²) in [5, 5.41) is 21.8. The van der Waals surface area contributed by atoms with Gasteiger partial charge in [0.25, 0.3) is 0 Å². The van der Waals surface area contributed by atoms with Gasteiger partial charge in [-0.3, -0.25) is 24.8 Å². The maximum absolute atomic E-state index is 15.6. The molecule has 0 radical (unpaired) electrons. The van der Waals surface area contributed by atoms with Crippen molar-refractivity contribution in [2.24, 2.45) is 13.0 Å². The summed E-state index contributed by atoms with van der Waals surface area (Å²) in [5.41, 5.74) is 4.51. The van der Waals surface area contributed by atoms with Crippen LogP contribution in [-0.2, 0) is 28.1 Å². The van der Waals surface area contributed by atoms with E-state index in [2.05, 4.69) is 53.1 Å². The van der Waals surface area contributed by atoms with Gasteiger partial charge in [-0.1, -0.05) is 18.2 Å². The van der Waals surface area contributed by atoms with Crippen LogP contribution in [0.25, 0.3) is 27.8 Å². The lowest BCUT2D eigenvalue weighted by atomic mass is 9.69. The number of H-pyrrole nitrogens is 1. The molecule has 5 heterocycles. The smallest absolute Gasteiger partial charge is 0.329 e. The maximum atomic E-state index is 15.6. The van der Waals surface area contributed by atoms with Crippen molar-refractivity contribution < 1.29 is 27.1 Å². The molecule has 0 spiro atoms. The number of amides is 3. The zero-order valence-electron chi connectivity index (χ0n) is 31.7. The highest BCUT2D eigenvalue weighted by Crippen LogP contribution is 2.44. The molecule has 296 valence electrons. The molecule has 1 saturated heterocycles. The Morgan fingerprint density at radius 3 is 2.62 bits per heavy atom. The second-order valence-electron chi connectivity index (χ2n) is 14.9. The van der Waals surface area contributed by atoms with Gasteiger partial charge in [-0.2, -0.15) is 19.7 Å². The summed E-state index contributed by atoms with van der Waals surface area (Å²) in [6.45, 7) is 4.02. The van der Waals surface area contributed by atoms with Crippen LogP contribution in [0.3, 0.4) is 0 Å². The topological polar surface area (TPSA) is 194 Å². The van der Waals surface area contributed by atoms with Gasteiger partial charge in [0, 0.05) is 37.2 Å². The van der Waals surface area contributed by atoms with Gasteiger partial charge >= 0.3 is 6.03 Å². The van der Waals surface area contributed by atoms with Crippen LogP contribution < -0.4 is 20.3 Å². The number of carbonyl (C=O) groups excluding carboxylic acids is 2. The van der Waals surface area contributed by atoms with Gasteiger partial charge in [0.05, 0.1) is 33.3 Å². The van der Waals surface area contributed by atoms with Gasteiger partial charge < -0.3 is 10.1 Å². The molecule has 0 unspecified atom stereocenters. The van der Waals surface area contributed by atoms with Crippen LogP contribution in [0, 0.1) is 11.7 Å². The number of fused-ring (bicyclic) bond motifs is 2. The molecule has 0 bridgehead atoms. The summed E-state index contributed by atoms with van der Waals surface area (Å²) in [7, 11) is -2.21. The predicted octanol–water partition coefficient (Wildman–Crippen LogP) is 6.09. The molecule has 1 saturated carbocycles. The third-order valence-electron chi connectivity index (χ3n) is 10.6. The molecule has 3 N–H and O–H groups in total. The number of benzene rings is 3. The summed E-state index contributed by atoms with van der Waals surface area (Å²) in [4.78, 5) is 34.5. The first-order valence-electron chi connectivity index (χ1n) is 18.8. The Morgan fingerprint density at radius 1 is 1.03 bits per heavy atom. The number of urea groups is 1. The number of aromatic nitrogens is 8. The zero-order chi connectivity index (χ0) is 40.3. The van der Waals surface area contributed by atoms with Gasteiger partial charge in [-0.25, -0.2) is 22.6 Å². The summed E-state index contributed by atoms with van der Waals surface area (Å²) < 4.78 is 52.3. The van der Waals surface area contributed by atoms with Gasteiger partial charge in [0.2, 0.25) is 27.3 Å². The van der Waals surface area contributed by atoms with Gasteiger partial charge in [0.1, 0.15) is 17.8 Å². The first-order chi connectivity index (χ1) is 27.9. The normalized spacial score (nSPS) is 17.2. The fraction of sp³-hybridized carbons (Fsp3) is 0.275. The maximum Gasteiger partial charge on any atom is 0.329 e. The van der Waals surface area contributed by atoms with Crippen LogP contribution in [0.2, 0.25) is 0 Å². The van der Waals surface area contributed by atoms with Gasteiger partial charge in [0.15, 0.2) is 11.6 Å². The van der Waals surface area contributed by atoms with E-state index in [1.165, 1.54) is 39.5 Å². The minimum absolute atomic E-state index is 0.00689. The second kappa shape index (κ2) is 14.4. The highest BCUT2D eigenvalue weighted by atomic mass is 32.2. The van der Waals surface area contributed by atoms with Gasteiger partial charge in [-0.15, -0.1) is 5.10 Å². The van der Waals surface area contributed by atoms with Crippen LogP contribution in [-0.4, -0.2) is 72.6 Å². The number of anilines is 3. The van der Waals surface area contributed by atoms with Crippen molar-refractivity contribution >= 4 is 55.8 Å². The lowest BCUT2D eigenvalue weighted by Crippen LogP contribution is -2.49. The number of hydrogen-bond donors (Lipinski definition) is 3. The SMILES string of the molecule is CC(C)Oc1c(-c2cn[nH]c2)ncn2nc(Nc3ccc(S(=O)(=O)c4cccc(CC5CC(c6ccc7c(N8CCC(=O)NC8=O)nn(C)c7c6)C5)c4)cc3F)nc12. The first-order valence-corrected chi connectivity index (χ1v) is 20.3. The molecule has 3 amide bonds. The third-order valence-corrected chi connectivity index (χ3v) is 12.3. The van der Waals surface area contributed by atoms with E-state index in [1.54, 1.807) is 29.2 Å². The molecule has 2 fully saturated rings. The second-order valence-corrected chi connectivity index (χ2v) is 16.9. The standard InChI is InChI=1S/C40H38FN11O5S/c1-22(2)57-36-35(27-19-43-44-20-27)42-21-52-38(36)47-39(49-52)45-32-10-8-29(18-31(32)41)58(55,56)28-6-4-5-23(16-28)13-24-14-26(15-24)25-7-9-30-33(17-25)50(3)48-37(30)51-12-11-34(53)46-40(51)54/h4-10,16-22,24,26H,11-15H2,1-3H3,(H,43,44)(H,45,49)(H,46,53,54). The largest absolute Gasteiger partial charge is 0.485 e. The Labute approximate surface area is 331 Å². The third kappa shape index (κ3) is 6.78. The number of aryl methyl sites for hydroxylation is 1. The van der Waals surface area contributed by atoms with Crippen molar-refractivity contribution in [1.82, 2.24) is 44.9 Å². The first kappa shape index (κ1) is 36.9. The van der Waals surface area contributed by atoms with E-state index in [4.69, 9.17) is 4.74 Å². The van der Waals surface area contributed by atoms with Crippen LogP contribution in [0.4, 0.5) is 26.6 Å². The molecule has 1 aliphatic carbocycles. The summed E-state index contributed by atoms with van der Waals surface area (Å²) >= 11 is 0. The minimum atomic E-state index is -4.04. The molecular formula is C40H38FN11O5S. The van der Waals surface area contributed by atoms with Crippen LogP contribution in [0.15, 0.2) is 89.2 Å². The number of rotatable bonds is 11. The van der Waals surface area contributed by atoms with Crippen molar-refractivity contribution in [2.45, 2.75) is 61.3 Å². The average Bonchev–Trinajstić information content (AvgIpc) is 3.93. The Kier molecular flexibility index (Phi) is 9.14. The fourth-order valence-corrected chi connectivity index (χ4v) is 9.00. The van der Waals surface area contributed by atoms with Crippen LogP contribution >= 0.6 is 0 Å². The molecule has 0 atom stereocenters. The van der Waals surface area contributed by atoms with E-state index in [-0.39, 0.29) is 46.4 Å². The average molecular weight is 804 g/mol. The molecule has 1 aliphatic heterocycles. The summed E-state index contributed by atoms with van der Waals surface area (Å²) in [6, 6.07) is 16.2. The van der Waals surface area contributed by atoms with E-state index >= 15 is 4.39 Å². The summed E-state index contributed by atoms with van der Waals surface area (Å²) in [5.74, 6) is 0.566. The number of carbonyl (C=O) groups is 2. The number of imide groups is 1. The van der Waals surface area contributed by atoms with E-state index in [0.29, 0.717) is 46.7 Å². The summed E-state index contributed by atoms with van der Waals surface area (Å²) in [6.07, 6.45) is 7.35. The van der Waals surface area contributed by atoms with Crippen molar-refractivity contribution in [1.29, 1.82) is 0 Å². The minimum Gasteiger partial charge on any atom is -0.485 e. The van der Waals surface area contributed by atoms with Crippen molar-refractivity contribution in [3.63, 3.8) is 0 Å². The predicted molar refractivity (Wildman–Crippen MR) is 211 cm³/mol. The molecular weight excluding hydrogens is 766 g/mol. The number of halogens is 1. The van der Waals surface area contributed by atoms with Crippen molar-refractivity contribution in [3.05, 3.63) is 96.3 Å². The van der Waals surface area contributed by atoms with Gasteiger partial charge in [-0.05, 0) is 98.5 Å². The van der Waals surface area contributed by atoms with Crippen molar-refractivity contribution in [3.8, 4) is 17.0 Å². The molecule has 58 heavy (non-hydrogen) atoms. The fourth-order valence-electron chi connectivity index (χ4n) is 7.66. The highest BCUT2D eigenvalue weighted by molar-refractivity contribution is 7.91. The molecule has 4 aromatic heterocycles. The highest BCUT2D eigenvalue weighted by Gasteiger charge is 2.33. The Bertz CT molecular complexity index is 2850. The number of nitrogens with one attached hydrogen (secondary N) is 3. The lowest BCUT2D eigenvalue weighted by molar-refractivity contribution is -0.120. The van der Waals surface area contributed by atoms with Crippen LogP contribution in [0.1, 0.15) is 50.2 Å². The molecule has 16 nitrogen and oxygen atoms in total. The molecule has 2 aliphatic rings. The Morgan fingerprint density at radius 2 is 1.86 bits per heavy atom. The van der Waals surface area contributed by atoms with E-state index < -0.39 is 21.7 Å². The molecule has 7 aromatic rings. The van der Waals surface area contributed by atoms with Crippen LogP contribution in [0.5, 0.6) is 5.75 Å². The zero-order valence-corrected chi connectivity index (χ0v) is 32.5. The number of sulfone groups is 1.